The summed E-state index contributed by atoms with van der Waals surface area (Å²) in [6, 6.07) is 11.7. The molecule has 2 aromatic carbocycles. The number of benzene rings is 2. The van der Waals surface area contributed by atoms with Gasteiger partial charge < -0.3 is 14.6 Å². The summed E-state index contributed by atoms with van der Waals surface area (Å²) in [4.78, 5) is 12.1. The molecule has 1 aromatic heterocycles. The first-order chi connectivity index (χ1) is 13.4. The van der Waals surface area contributed by atoms with Crippen LogP contribution in [0.3, 0.4) is 0 Å². The van der Waals surface area contributed by atoms with Crippen LogP contribution in [-0.2, 0) is 18.4 Å². The minimum Gasteiger partial charge on any atom is -0.486 e. The first kappa shape index (κ1) is 20.2. The van der Waals surface area contributed by atoms with E-state index in [0.29, 0.717) is 16.7 Å². The lowest BCUT2D eigenvalue weighted by Gasteiger charge is -2.08. The largest absolute Gasteiger partial charge is 0.486 e. The molecular weight excluding hydrogens is 403 g/mol. The lowest BCUT2D eigenvalue weighted by molar-refractivity contribution is -0.113. The zero-order chi connectivity index (χ0) is 20.1. The van der Waals surface area contributed by atoms with E-state index < -0.39 is 5.82 Å². The van der Waals surface area contributed by atoms with Gasteiger partial charge in [0.2, 0.25) is 5.91 Å². The summed E-state index contributed by atoms with van der Waals surface area (Å²) in [5, 5.41) is 11.6. The van der Waals surface area contributed by atoms with Gasteiger partial charge in [0.25, 0.3) is 0 Å². The first-order valence-corrected chi connectivity index (χ1v) is 9.74. The normalized spacial score (nSPS) is 10.7. The molecule has 6 nitrogen and oxygen atoms in total. The van der Waals surface area contributed by atoms with Gasteiger partial charge in [-0.1, -0.05) is 35.5 Å². The van der Waals surface area contributed by atoms with Crippen LogP contribution < -0.4 is 10.1 Å². The Balaban J connectivity index is 1.53. The summed E-state index contributed by atoms with van der Waals surface area (Å²) in [6.07, 6.45) is 0. The number of hydrogen-bond donors (Lipinski definition) is 1. The highest BCUT2D eigenvalue weighted by Crippen LogP contribution is 2.22. The molecule has 0 aliphatic heterocycles. The highest BCUT2D eigenvalue weighted by Gasteiger charge is 2.12. The van der Waals surface area contributed by atoms with Gasteiger partial charge in [-0.2, -0.15) is 0 Å². The molecule has 0 aliphatic rings. The average molecular weight is 421 g/mol. The predicted molar refractivity (Wildman–Crippen MR) is 107 cm³/mol. The van der Waals surface area contributed by atoms with E-state index in [2.05, 4.69) is 15.5 Å². The van der Waals surface area contributed by atoms with Crippen molar-refractivity contribution in [1.29, 1.82) is 0 Å². The van der Waals surface area contributed by atoms with Crippen molar-refractivity contribution in [1.82, 2.24) is 14.8 Å². The molecular formula is C19H18ClFN4O2S. The molecule has 0 saturated carbocycles. The predicted octanol–water partition coefficient (Wildman–Crippen LogP) is 4.23. The molecule has 28 heavy (non-hydrogen) atoms. The molecule has 3 rings (SSSR count). The lowest BCUT2D eigenvalue weighted by Crippen LogP contribution is -2.14. The van der Waals surface area contributed by atoms with Crippen LogP contribution in [0, 0.1) is 12.7 Å². The third kappa shape index (κ3) is 5.24. The molecule has 0 atom stereocenters. The number of ether oxygens (including phenoxy) is 1. The van der Waals surface area contributed by atoms with Crippen molar-refractivity contribution < 1.29 is 13.9 Å². The van der Waals surface area contributed by atoms with Gasteiger partial charge >= 0.3 is 0 Å². The van der Waals surface area contributed by atoms with Crippen LogP contribution in [0.5, 0.6) is 5.75 Å². The van der Waals surface area contributed by atoms with Crippen LogP contribution in [-0.4, -0.2) is 26.4 Å². The number of nitrogens with zero attached hydrogens (tertiary/aromatic N) is 3. The quantitative estimate of drug-likeness (QED) is 0.579. The Bertz CT molecular complexity index is 996. The number of aromatic nitrogens is 3. The molecule has 0 aliphatic carbocycles. The molecule has 3 aromatic rings. The third-order valence-electron chi connectivity index (χ3n) is 3.82. The summed E-state index contributed by atoms with van der Waals surface area (Å²) < 4.78 is 20.5. The molecule has 1 heterocycles. The maximum absolute atomic E-state index is 13.2. The van der Waals surface area contributed by atoms with Crippen LogP contribution in [0.4, 0.5) is 10.1 Å². The number of carbonyl (C=O) groups is 1. The van der Waals surface area contributed by atoms with Gasteiger partial charge in [-0.25, -0.2) is 4.39 Å². The number of rotatable bonds is 7. The number of anilines is 1. The fourth-order valence-corrected chi connectivity index (χ4v) is 3.26. The smallest absolute Gasteiger partial charge is 0.234 e. The fourth-order valence-electron chi connectivity index (χ4n) is 2.36. The zero-order valence-electron chi connectivity index (χ0n) is 15.3. The van der Waals surface area contributed by atoms with Gasteiger partial charge in [0.05, 0.1) is 10.8 Å². The van der Waals surface area contributed by atoms with Crippen LogP contribution in [0.2, 0.25) is 5.02 Å². The second-order valence-corrected chi connectivity index (χ2v) is 7.38. The lowest BCUT2D eigenvalue weighted by atomic mass is 10.2. The van der Waals surface area contributed by atoms with Crippen molar-refractivity contribution in [2.45, 2.75) is 18.7 Å². The highest BCUT2D eigenvalue weighted by atomic mass is 35.5. The Labute approximate surface area is 171 Å². The summed E-state index contributed by atoms with van der Waals surface area (Å²) >= 11 is 7.02. The fraction of sp³-hybridized carbons (Fsp3) is 0.211. The number of aryl methyl sites for hydroxylation is 1. The van der Waals surface area contributed by atoms with E-state index in [1.807, 2.05) is 31.2 Å². The van der Waals surface area contributed by atoms with Gasteiger partial charge in [-0.05, 0) is 36.8 Å². The molecule has 0 fully saturated rings. The van der Waals surface area contributed by atoms with Crippen molar-refractivity contribution in [3.8, 4) is 5.75 Å². The van der Waals surface area contributed by atoms with E-state index in [1.165, 1.54) is 30.0 Å². The standard InChI is InChI=1S/C19H18ClFN4O2S/c1-12-4-3-5-13(8-12)22-18(26)11-28-19-24-23-17(25(19)2)10-27-14-6-7-16(21)15(20)9-14/h3-9H,10-11H2,1-2H3,(H,22,26). The van der Waals surface area contributed by atoms with Gasteiger partial charge in [0, 0.05) is 18.8 Å². The van der Waals surface area contributed by atoms with Gasteiger partial charge in [-0.3, -0.25) is 4.79 Å². The first-order valence-electron chi connectivity index (χ1n) is 8.38. The van der Waals surface area contributed by atoms with Crippen LogP contribution in [0.1, 0.15) is 11.4 Å². The summed E-state index contributed by atoms with van der Waals surface area (Å²) in [5.41, 5.74) is 1.83. The zero-order valence-corrected chi connectivity index (χ0v) is 16.9. The maximum atomic E-state index is 13.2. The van der Waals surface area contributed by atoms with Gasteiger partial charge in [0.15, 0.2) is 11.0 Å². The molecule has 0 spiro atoms. The van der Waals surface area contributed by atoms with Crippen molar-refractivity contribution in [2.75, 3.05) is 11.1 Å². The van der Waals surface area contributed by atoms with E-state index in [0.717, 1.165) is 11.3 Å². The second kappa shape index (κ2) is 9.07. The molecule has 0 unspecified atom stereocenters. The van der Waals surface area contributed by atoms with Crippen molar-refractivity contribution in [3.05, 3.63) is 64.7 Å². The van der Waals surface area contributed by atoms with Crippen LogP contribution >= 0.6 is 23.4 Å². The number of amides is 1. The van der Waals surface area contributed by atoms with E-state index >= 15 is 0 Å². The Kier molecular flexibility index (Phi) is 6.53. The number of hydrogen-bond acceptors (Lipinski definition) is 5. The average Bonchev–Trinajstić information content (AvgIpc) is 3.01. The van der Waals surface area contributed by atoms with Crippen molar-refractivity contribution in [2.24, 2.45) is 7.05 Å². The number of nitrogens with one attached hydrogen (secondary N) is 1. The van der Waals surface area contributed by atoms with Crippen molar-refractivity contribution >= 4 is 35.0 Å². The van der Waals surface area contributed by atoms with Gasteiger partial charge in [-0.15, -0.1) is 10.2 Å². The Morgan fingerprint density at radius 1 is 1.29 bits per heavy atom. The molecule has 0 bridgehead atoms. The molecule has 0 radical (unpaired) electrons. The minimum absolute atomic E-state index is 0.00803. The van der Waals surface area contributed by atoms with Crippen molar-refractivity contribution in [3.63, 3.8) is 0 Å². The number of halogens is 2. The van der Waals surface area contributed by atoms with E-state index in [-0.39, 0.29) is 23.3 Å². The Hall–Kier alpha value is -2.58. The molecule has 9 heteroatoms. The van der Waals surface area contributed by atoms with E-state index in [4.69, 9.17) is 16.3 Å². The van der Waals surface area contributed by atoms with E-state index in [1.54, 1.807) is 11.6 Å². The molecule has 0 saturated heterocycles. The monoisotopic (exact) mass is 420 g/mol. The van der Waals surface area contributed by atoms with Crippen LogP contribution in [0.15, 0.2) is 47.6 Å². The van der Waals surface area contributed by atoms with Gasteiger partial charge in [0.1, 0.15) is 18.2 Å². The maximum Gasteiger partial charge on any atom is 0.234 e. The number of thioether (sulfide) groups is 1. The molecule has 1 amide bonds. The third-order valence-corrected chi connectivity index (χ3v) is 5.13. The Morgan fingerprint density at radius 3 is 2.86 bits per heavy atom. The van der Waals surface area contributed by atoms with Crippen LogP contribution in [0.25, 0.3) is 0 Å². The SMILES string of the molecule is Cc1cccc(NC(=O)CSc2nnc(COc3ccc(F)c(Cl)c3)n2C)c1. The second-order valence-electron chi connectivity index (χ2n) is 6.03. The van der Waals surface area contributed by atoms with E-state index in [9.17, 15) is 9.18 Å². The molecule has 1 N–H and O–H groups in total. The summed E-state index contributed by atoms with van der Waals surface area (Å²) in [5.74, 6) is 0.574. The topological polar surface area (TPSA) is 69.0 Å². The summed E-state index contributed by atoms with van der Waals surface area (Å²) in [6.45, 7) is 2.11. The number of carbonyl (C=O) groups excluding carboxylic acids is 1. The highest BCUT2D eigenvalue weighted by molar-refractivity contribution is 7.99. The molecule has 146 valence electrons. The summed E-state index contributed by atoms with van der Waals surface area (Å²) in [7, 11) is 1.79. The Morgan fingerprint density at radius 2 is 2.11 bits per heavy atom. The minimum atomic E-state index is -0.504.